The predicted molar refractivity (Wildman–Crippen MR) is 105 cm³/mol. The smallest absolute Gasteiger partial charge is 0.417 e. The van der Waals surface area contributed by atoms with Gasteiger partial charge in [0, 0.05) is 13.0 Å². The first kappa shape index (κ1) is 22.5. The number of nitrogens with one attached hydrogen (secondary N) is 1. The minimum atomic E-state index is -4.76. The van der Waals surface area contributed by atoms with Crippen molar-refractivity contribution in [3.63, 3.8) is 0 Å². The number of alkyl halides is 3. The molecule has 0 spiro atoms. The van der Waals surface area contributed by atoms with Gasteiger partial charge in [0.05, 0.1) is 16.9 Å². The topological polar surface area (TPSA) is 111 Å². The molecule has 0 radical (unpaired) electrons. The van der Waals surface area contributed by atoms with Gasteiger partial charge in [-0.1, -0.05) is 35.2 Å². The van der Waals surface area contributed by atoms with Crippen LogP contribution >= 0.6 is 23.1 Å². The van der Waals surface area contributed by atoms with Crippen molar-refractivity contribution < 1.29 is 31.9 Å². The van der Waals surface area contributed by atoms with Gasteiger partial charge in [-0.2, -0.15) is 13.2 Å². The quantitative estimate of drug-likeness (QED) is 0.327. The van der Waals surface area contributed by atoms with Crippen LogP contribution in [0.1, 0.15) is 28.6 Å². The molecule has 3 rings (SSSR count). The molecule has 0 saturated carbocycles. The van der Waals surface area contributed by atoms with Gasteiger partial charge in [0.25, 0.3) is 0 Å². The van der Waals surface area contributed by atoms with Gasteiger partial charge in [-0.15, -0.1) is 10.2 Å². The first-order chi connectivity index (χ1) is 14.6. The molecule has 8 nitrogen and oxygen atoms in total. The zero-order chi connectivity index (χ0) is 22.6. The van der Waals surface area contributed by atoms with Crippen molar-refractivity contribution >= 4 is 40.1 Å². The number of benzene rings is 1. The number of halogens is 3. The summed E-state index contributed by atoms with van der Waals surface area (Å²) in [5, 5.41) is 10.4. The highest BCUT2D eigenvalue weighted by atomic mass is 32.2. The van der Waals surface area contributed by atoms with Crippen molar-refractivity contribution in [1.82, 2.24) is 10.2 Å². The van der Waals surface area contributed by atoms with Crippen LogP contribution in [-0.2, 0) is 16.7 Å². The van der Waals surface area contributed by atoms with Crippen LogP contribution in [-0.4, -0.2) is 22.1 Å². The van der Waals surface area contributed by atoms with Gasteiger partial charge in [-0.3, -0.25) is 9.59 Å². The van der Waals surface area contributed by atoms with E-state index in [0.717, 1.165) is 41.9 Å². The van der Waals surface area contributed by atoms with Crippen LogP contribution in [0.4, 0.5) is 18.3 Å². The van der Waals surface area contributed by atoms with Crippen LogP contribution in [0.25, 0.3) is 0 Å². The fraction of sp³-hybridized carbons (Fsp3) is 0.167. The summed E-state index contributed by atoms with van der Waals surface area (Å²) in [6, 6.07) is 5.14. The Morgan fingerprint density at radius 1 is 1.26 bits per heavy atom. The lowest BCUT2D eigenvalue weighted by Crippen LogP contribution is -2.19. The summed E-state index contributed by atoms with van der Waals surface area (Å²) in [5.41, 5.74) is -2.63. The van der Waals surface area contributed by atoms with E-state index in [9.17, 15) is 27.6 Å². The minimum absolute atomic E-state index is 0.176. The van der Waals surface area contributed by atoms with Crippen LogP contribution in [0.3, 0.4) is 0 Å². The van der Waals surface area contributed by atoms with Crippen LogP contribution in [0.5, 0.6) is 5.75 Å². The lowest BCUT2D eigenvalue weighted by Gasteiger charge is -2.11. The molecule has 0 saturated heterocycles. The Morgan fingerprint density at radius 2 is 2.00 bits per heavy atom. The highest BCUT2D eigenvalue weighted by Crippen LogP contribution is 2.32. The maximum absolute atomic E-state index is 13.0. The molecule has 0 aliphatic heterocycles. The summed E-state index contributed by atoms with van der Waals surface area (Å²) in [7, 11) is 0. The van der Waals surface area contributed by atoms with Gasteiger partial charge in [0.2, 0.25) is 22.2 Å². The lowest BCUT2D eigenvalue weighted by atomic mass is 10.1. The van der Waals surface area contributed by atoms with Gasteiger partial charge in [0.15, 0.2) is 4.34 Å². The SMILES string of the molecule is CC(=O)Nc1nnc(SCc2cc(=O)c(OC(=O)c3ccccc3C(F)(F)F)co2)s1. The fourth-order valence-corrected chi connectivity index (χ4v) is 3.94. The van der Waals surface area contributed by atoms with E-state index in [2.05, 4.69) is 15.5 Å². The molecule has 1 N–H and O–H groups in total. The molecule has 0 aliphatic rings. The van der Waals surface area contributed by atoms with Gasteiger partial charge in [-0.05, 0) is 12.1 Å². The first-order valence-electron chi connectivity index (χ1n) is 8.37. The molecule has 3 aromatic rings. The number of carbonyl (C=O) groups excluding carboxylic acids is 2. The summed E-state index contributed by atoms with van der Waals surface area (Å²) in [4.78, 5) is 35.3. The molecular weight excluding hydrogens is 459 g/mol. The van der Waals surface area contributed by atoms with Crippen molar-refractivity contribution in [3.8, 4) is 5.75 Å². The van der Waals surface area contributed by atoms with E-state index in [0.29, 0.717) is 9.47 Å². The summed E-state index contributed by atoms with van der Waals surface area (Å²) in [5.74, 6) is -1.78. The average molecular weight is 471 g/mol. The lowest BCUT2D eigenvalue weighted by molar-refractivity contribution is -0.138. The van der Waals surface area contributed by atoms with Gasteiger partial charge < -0.3 is 14.5 Å². The Hall–Kier alpha value is -3.19. The Bertz CT molecular complexity index is 1180. The molecule has 162 valence electrons. The van der Waals surface area contributed by atoms with Crippen molar-refractivity contribution in [3.05, 3.63) is 63.7 Å². The molecule has 0 unspecified atom stereocenters. The fourth-order valence-electron chi connectivity index (χ4n) is 2.25. The highest BCUT2D eigenvalue weighted by Gasteiger charge is 2.35. The first-order valence-corrected chi connectivity index (χ1v) is 10.2. The number of carbonyl (C=O) groups is 2. The molecule has 0 aliphatic carbocycles. The standard InChI is InChI=1S/C18H12F3N3O5S2/c1-9(25)22-16-23-24-17(31-16)30-8-10-6-13(26)14(7-28-10)29-15(27)11-4-2-3-5-12(11)18(19,20)21/h2-7H,8H2,1H3,(H,22,23,25). The summed E-state index contributed by atoms with van der Waals surface area (Å²) < 4.78 is 49.7. The number of esters is 1. The Labute approximate surface area is 180 Å². The van der Waals surface area contributed by atoms with Crippen LogP contribution < -0.4 is 15.5 Å². The van der Waals surface area contributed by atoms with Crippen LogP contribution in [0.2, 0.25) is 0 Å². The van der Waals surface area contributed by atoms with Gasteiger partial charge in [0.1, 0.15) is 12.0 Å². The Balaban J connectivity index is 1.68. The third kappa shape index (κ3) is 5.92. The number of ether oxygens (including phenoxy) is 1. The number of thioether (sulfide) groups is 1. The third-order valence-corrected chi connectivity index (χ3v) is 5.53. The molecular formula is C18H12F3N3O5S2. The maximum atomic E-state index is 13.0. The highest BCUT2D eigenvalue weighted by molar-refractivity contribution is 8.00. The summed E-state index contributed by atoms with van der Waals surface area (Å²) >= 11 is 2.30. The minimum Gasteiger partial charge on any atom is -0.464 e. The molecule has 2 aromatic heterocycles. The van der Waals surface area contributed by atoms with Crippen molar-refractivity contribution in [1.29, 1.82) is 0 Å². The van der Waals surface area contributed by atoms with E-state index in [-0.39, 0.29) is 17.4 Å². The molecule has 2 heterocycles. The van der Waals surface area contributed by atoms with Gasteiger partial charge in [-0.25, -0.2) is 4.79 Å². The monoisotopic (exact) mass is 471 g/mol. The summed E-state index contributed by atoms with van der Waals surface area (Å²) in [6.07, 6.45) is -3.90. The number of hydrogen-bond donors (Lipinski definition) is 1. The number of amides is 1. The molecule has 1 amide bonds. The molecule has 0 atom stereocenters. The van der Waals surface area contributed by atoms with Gasteiger partial charge >= 0.3 is 12.1 Å². The normalized spacial score (nSPS) is 11.2. The van der Waals surface area contributed by atoms with E-state index in [1.165, 1.54) is 24.8 Å². The third-order valence-electron chi connectivity index (χ3n) is 3.53. The predicted octanol–water partition coefficient (Wildman–Crippen LogP) is 3.98. The largest absolute Gasteiger partial charge is 0.464 e. The number of anilines is 1. The van der Waals surface area contributed by atoms with E-state index < -0.39 is 34.5 Å². The zero-order valence-corrected chi connectivity index (χ0v) is 17.2. The molecule has 13 heteroatoms. The van der Waals surface area contributed by atoms with Crippen molar-refractivity contribution in [2.45, 2.75) is 23.2 Å². The van der Waals surface area contributed by atoms with Crippen LogP contribution in [0, 0.1) is 0 Å². The van der Waals surface area contributed by atoms with Crippen LogP contribution in [0.15, 0.2) is 50.1 Å². The Kier molecular flexibility index (Phi) is 6.75. The second kappa shape index (κ2) is 9.31. The van der Waals surface area contributed by atoms with Crippen molar-refractivity contribution in [2.24, 2.45) is 0 Å². The Morgan fingerprint density at radius 3 is 2.68 bits per heavy atom. The van der Waals surface area contributed by atoms with Crippen molar-refractivity contribution in [2.75, 3.05) is 5.32 Å². The zero-order valence-electron chi connectivity index (χ0n) is 15.6. The number of hydrogen-bond acceptors (Lipinski definition) is 9. The number of rotatable bonds is 6. The summed E-state index contributed by atoms with van der Waals surface area (Å²) in [6.45, 7) is 1.33. The maximum Gasteiger partial charge on any atom is 0.417 e. The second-order valence-corrected chi connectivity index (χ2v) is 8.05. The van der Waals surface area contributed by atoms with E-state index in [1.807, 2.05) is 0 Å². The second-order valence-electron chi connectivity index (χ2n) is 5.85. The van der Waals surface area contributed by atoms with E-state index in [4.69, 9.17) is 9.15 Å². The number of aromatic nitrogens is 2. The average Bonchev–Trinajstić information content (AvgIpc) is 3.14. The van der Waals surface area contributed by atoms with E-state index in [1.54, 1.807) is 0 Å². The van der Waals surface area contributed by atoms with E-state index >= 15 is 0 Å². The molecule has 1 aromatic carbocycles. The molecule has 0 fully saturated rings. The molecule has 0 bridgehead atoms. The number of nitrogens with zero attached hydrogens (tertiary/aromatic N) is 2. The molecule has 31 heavy (non-hydrogen) atoms.